The average molecular weight is 334 g/mol. The third-order valence-corrected chi connectivity index (χ3v) is 4.59. The maximum atomic E-state index is 12.4. The Hall–Kier alpha value is -1.75. The number of benzene rings is 1. The van der Waals surface area contributed by atoms with Crippen molar-refractivity contribution < 1.29 is 14.3 Å². The zero-order valence-corrected chi connectivity index (χ0v) is 14.9. The molecule has 1 aliphatic heterocycles. The van der Waals surface area contributed by atoms with Crippen LogP contribution in [0.15, 0.2) is 24.3 Å². The van der Waals surface area contributed by atoms with Gasteiger partial charge in [0.2, 0.25) is 0 Å². The van der Waals surface area contributed by atoms with Crippen LogP contribution in [0.1, 0.15) is 31.2 Å². The zero-order chi connectivity index (χ0) is 17.2. The highest BCUT2D eigenvalue weighted by Gasteiger charge is 2.22. The van der Waals surface area contributed by atoms with Crippen LogP contribution in [-0.2, 0) is 11.2 Å². The molecule has 1 atom stereocenters. The molecule has 1 N–H and O–H groups in total. The second-order valence-corrected chi connectivity index (χ2v) is 6.42. The zero-order valence-electron chi connectivity index (χ0n) is 14.9. The van der Waals surface area contributed by atoms with Crippen molar-refractivity contribution in [2.45, 2.75) is 32.1 Å². The molecule has 24 heavy (non-hydrogen) atoms. The van der Waals surface area contributed by atoms with Crippen LogP contribution in [0.2, 0.25) is 0 Å². The van der Waals surface area contributed by atoms with Gasteiger partial charge < -0.3 is 19.7 Å². The number of hydrogen-bond donors (Lipinski definition) is 1. The summed E-state index contributed by atoms with van der Waals surface area (Å²) < 4.78 is 10.3. The van der Waals surface area contributed by atoms with Crippen LogP contribution in [0, 0.1) is 5.92 Å². The van der Waals surface area contributed by atoms with Crippen molar-refractivity contribution >= 4 is 6.03 Å². The number of likely N-dealkylation sites (tertiary alicyclic amines) is 1. The van der Waals surface area contributed by atoms with Crippen molar-refractivity contribution in [3.8, 4) is 5.75 Å². The second-order valence-electron chi connectivity index (χ2n) is 6.42. The minimum Gasteiger partial charge on any atom is -0.497 e. The van der Waals surface area contributed by atoms with E-state index in [-0.39, 0.29) is 6.03 Å². The Morgan fingerprint density at radius 2 is 2.25 bits per heavy atom. The van der Waals surface area contributed by atoms with Crippen molar-refractivity contribution in [1.82, 2.24) is 10.2 Å². The quantitative estimate of drug-likeness (QED) is 0.743. The molecule has 2 amide bonds. The highest BCUT2D eigenvalue weighted by atomic mass is 16.5. The number of amides is 2. The van der Waals surface area contributed by atoms with E-state index in [1.807, 2.05) is 23.1 Å². The van der Waals surface area contributed by atoms with E-state index in [0.717, 1.165) is 51.1 Å². The van der Waals surface area contributed by atoms with Gasteiger partial charge in [0, 0.05) is 33.4 Å². The van der Waals surface area contributed by atoms with E-state index in [2.05, 4.69) is 11.4 Å². The largest absolute Gasteiger partial charge is 0.497 e. The molecule has 5 heteroatoms. The minimum atomic E-state index is 0.0642. The number of ether oxygens (including phenoxy) is 2. The molecule has 1 heterocycles. The fourth-order valence-electron chi connectivity index (χ4n) is 3.26. The molecule has 134 valence electrons. The summed E-state index contributed by atoms with van der Waals surface area (Å²) in [5, 5.41) is 3.05. The summed E-state index contributed by atoms with van der Waals surface area (Å²) in [4.78, 5) is 14.3. The predicted molar refractivity (Wildman–Crippen MR) is 95.5 cm³/mol. The third kappa shape index (κ3) is 6.04. The van der Waals surface area contributed by atoms with Crippen molar-refractivity contribution in [3.05, 3.63) is 29.8 Å². The maximum absolute atomic E-state index is 12.4. The molecule has 1 aromatic carbocycles. The van der Waals surface area contributed by atoms with E-state index < -0.39 is 0 Å². The Kier molecular flexibility index (Phi) is 7.89. The Morgan fingerprint density at radius 3 is 3.04 bits per heavy atom. The fourth-order valence-corrected chi connectivity index (χ4v) is 3.26. The van der Waals surface area contributed by atoms with Crippen molar-refractivity contribution in [3.63, 3.8) is 0 Å². The van der Waals surface area contributed by atoms with Gasteiger partial charge in [-0.1, -0.05) is 12.1 Å². The molecule has 0 bridgehead atoms. The number of nitrogens with zero attached hydrogens (tertiary/aromatic N) is 1. The summed E-state index contributed by atoms with van der Waals surface area (Å²) in [5.41, 5.74) is 1.17. The van der Waals surface area contributed by atoms with Gasteiger partial charge in [0.15, 0.2) is 0 Å². The number of nitrogens with one attached hydrogen (secondary N) is 1. The van der Waals surface area contributed by atoms with Gasteiger partial charge in [0.1, 0.15) is 5.75 Å². The molecule has 1 saturated heterocycles. The average Bonchev–Trinajstić information content (AvgIpc) is 2.62. The van der Waals surface area contributed by atoms with Gasteiger partial charge in [-0.2, -0.15) is 0 Å². The molecule has 1 aliphatic rings. The van der Waals surface area contributed by atoms with Crippen molar-refractivity contribution in [2.24, 2.45) is 5.92 Å². The first-order valence-corrected chi connectivity index (χ1v) is 8.87. The predicted octanol–water partition coefficient (Wildman–Crippen LogP) is 3.09. The van der Waals surface area contributed by atoms with E-state index >= 15 is 0 Å². The Morgan fingerprint density at radius 1 is 1.38 bits per heavy atom. The number of carbonyl (C=O) groups is 1. The van der Waals surface area contributed by atoms with Gasteiger partial charge in [-0.3, -0.25) is 0 Å². The summed E-state index contributed by atoms with van der Waals surface area (Å²) in [6, 6.07) is 8.04. The summed E-state index contributed by atoms with van der Waals surface area (Å²) in [6.07, 6.45) is 5.35. The Labute approximate surface area is 145 Å². The van der Waals surface area contributed by atoms with Crippen LogP contribution in [0.4, 0.5) is 4.79 Å². The summed E-state index contributed by atoms with van der Waals surface area (Å²) in [7, 11) is 3.41. The number of methoxy groups -OCH3 is 2. The lowest BCUT2D eigenvalue weighted by molar-refractivity contribution is 0.149. The van der Waals surface area contributed by atoms with Gasteiger partial charge in [0.25, 0.3) is 0 Å². The van der Waals surface area contributed by atoms with E-state index in [4.69, 9.17) is 9.47 Å². The fraction of sp³-hybridized carbons (Fsp3) is 0.632. The van der Waals surface area contributed by atoms with Crippen LogP contribution in [0.5, 0.6) is 5.75 Å². The van der Waals surface area contributed by atoms with E-state index in [0.29, 0.717) is 12.5 Å². The standard InChI is InChI=1S/C19H30N2O3/c1-23-13-5-8-17-7-4-12-21(15-17)19(22)20-11-10-16-6-3-9-18(14-16)24-2/h3,6,9,14,17H,4-5,7-8,10-13,15H2,1-2H3,(H,20,22)/t17-/m0/s1. The molecule has 0 aliphatic carbocycles. The molecule has 0 unspecified atom stereocenters. The van der Waals surface area contributed by atoms with Crippen LogP contribution in [0.25, 0.3) is 0 Å². The van der Waals surface area contributed by atoms with E-state index in [1.165, 1.54) is 12.0 Å². The molecule has 1 aromatic rings. The smallest absolute Gasteiger partial charge is 0.317 e. The first-order valence-electron chi connectivity index (χ1n) is 8.87. The SMILES string of the molecule is COCCC[C@@H]1CCCN(C(=O)NCCc2cccc(OC)c2)C1. The molecular formula is C19H30N2O3. The van der Waals surface area contributed by atoms with Gasteiger partial charge >= 0.3 is 6.03 Å². The minimum absolute atomic E-state index is 0.0642. The number of piperidine rings is 1. The normalized spacial score (nSPS) is 17.6. The molecule has 2 rings (SSSR count). The number of hydrogen-bond acceptors (Lipinski definition) is 3. The highest BCUT2D eigenvalue weighted by molar-refractivity contribution is 5.74. The van der Waals surface area contributed by atoms with Crippen LogP contribution in [-0.4, -0.2) is 51.4 Å². The second kappa shape index (κ2) is 10.2. The van der Waals surface area contributed by atoms with Crippen LogP contribution >= 0.6 is 0 Å². The summed E-state index contributed by atoms with van der Waals surface area (Å²) >= 11 is 0. The van der Waals surface area contributed by atoms with Crippen molar-refractivity contribution in [2.75, 3.05) is 40.5 Å². The van der Waals surface area contributed by atoms with Gasteiger partial charge in [-0.05, 0) is 55.7 Å². The van der Waals surface area contributed by atoms with Gasteiger partial charge in [-0.25, -0.2) is 4.79 Å². The molecule has 5 nitrogen and oxygen atoms in total. The van der Waals surface area contributed by atoms with Crippen molar-refractivity contribution in [1.29, 1.82) is 0 Å². The lowest BCUT2D eigenvalue weighted by atomic mass is 9.94. The Bertz CT molecular complexity index is 507. The van der Waals surface area contributed by atoms with Crippen LogP contribution in [0.3, 0.4) is 0 Å². The van der Waals surface area contributed by atoms with Gasteiger partial charge in [-0.15, -0.1) is 0 Å². The lowest BCUT2D eigenvalue weighted by Gasteiger charge is -2.32. The molecule has 0 spiro atoms. The maximum Gasteiger partial charge on any atom is 0.317 e. The van der Waals surface area contributed by atoms with E-state index in [1.54, 1.807) is 14.2 Å². The molecule has 0 radical (unpaired) electrons. The molecule has 0 saturated carbocycles. The molecule has 1 fully saturated rings. The summed E-state index contributed by atoms with van der Waals surface area (Å²) in [5.74, 6) is 1.46. The highest BCUT2D eigenvalue weighted by Crippen LogP contribution is 2.21. The van der Waals surface area contributed by atoms with Crippen LogP contribution < -0.4 is 10.1 Å². The van der Waals surface area contributed by atoms with Gasteiger partial charge in [0.05, 0.1) is 7.11 Å². The molecule has 0 aromatic heterocycles. The topological polar surface area (TPSA) is 50.8 Å². The van der Waals surface area contributed by atoms with E-state index in [9.17, 15) is 4.79 Å². The first-order chi connectivity index (χ1) is 11.7. The monoisotopic (exact) mass is 334 g/mol. The summed E-state index contributed by atoms with van der Waals surface area (Å²) in [6.45, 7) is 3.19. The number of carbonyl (C=O) groups excluding carboxylic acids is 1. The Balaban J connectivity index is 1.71. The number of urea groups is 1. The molecular weight excluding hydrogens is 304 g/mol. The first kappa shape index (κ1) is 18.6. The third-order valence-electron chi connectivity index (χ3n) is 4.59. The lowest BCUT2D eigenvalue weighted by Crippen LogP contribution is -2.46. The number of rotatable bonds is 8.